The molecule has 0 atom stereocenters. The second-order valence-electron chi connectivity index (χ2n) is 8.40. The molecule has 182 valence electrons. The Bertz CT molecular complexity index is 1220. The summed E-state index contributed by atoms with van der Waals surface area (Å²) in [5.41, 5.74) is 2.00. The summed E-state index contributed by atoms with van der Waals surface area (Å²) < 4.78 is 11.0. The largest absolute Gasteiger partial charge is 0.493 e. The number of carbonyl (C=O) groups is 3. The zero-order valence-corrected chi connectivity index (χ0v) is 20.4. The molecule has 0 aromatic heterocycles. The molecule has 3 amide bonds. The molecule has 0 saturated carbocycles. The first kappa shape index (κ1) is 24.3. The highest BCUT2D eigenvalue weighted by Gasteiger charge is 2.32. The summed E-state index contributed by atoms with van der Waals surface area (Å²) >= 11 is 0. The third-order valence-electron chi connectivity index (χ3n) is 6.26. The summed E-state index contributed by atoms with van der Waals surface area (Å²) in [7, 11) is 1.59. The molecule has 0 radical (unpaired) electrons. The van der Waals surface area contributed by atoms with Gasteiger partial charge in [0, 0.05) is 42.6 Å². The number of hydrogen-bond acceptors (Lipinski definition) is 5. The van der Waals surface area contributed by atoms with E-state index in [1.54, 1.807) is 24.1 Å². The monoisotopic (exact) mass is 474 g/mol. The number of ether oxygens (including phenoxy) is 2. The third kappa shape index (κ3) is 4.85. The number of methoxy groups -OCH3 is 1. The molecule has 4 rings (SSSR count). The molecule has 0 bridgehead atoms. The number of hydrogen-bond donors (Lipinski definition) is 0. The molecule has 3 aromatic rings. The van der Waals surface area contributed by atoms with E-state index in [9.17, 15) is 14.4 Å². The Morgan fingerprint density at radius 3 is 2.23 bits per heavy atom. The SMILES string of the molecule is CCOc1ccc(CN(CC)C(=O)CCCN2C(=O)c3cccc4cccc(c34)C2=O)cc1OC. The van der Waals surface area contributed by atoms with Crippen molar-refractivity contribution >= 4 is 28.5 Å². The molecular weight excluding hydrogens is 444 g/mol. The van der Waals surface area contributed by atoms with Gasteiger partial charge in [0.1, 0.15) is 0 Å². The van der Waals surface area contributed by atoms with Crippen molar-refractivity contribution in [2.24, 2.45) is 0 Å². The van der Waals surface area contributed by atoms with Gasteiger partial charge in [0.15, 0.2) is 11.5 Å². The maximum Gasteiger partial charge on any atom is 0.261 e. The molecule has 7 nitrogen and oxygen atoms in total. The van der Waals surface area contributed by atoms with Crippen molar-refractivity contribution in [1.82, 2.24) is 9.80 Å². The Kier molecular flexibility index (Phi) is 7.34. The van der Waals surface area contributed by atoms with Gasteiger partial charge in [-0.3, -0.25) is 19.3 Å². The average molecular weight is 475 g/mol. The van der Waals surface area contributed by atoms with E-state index in [2.05, 4.69) is 0 Å². The fourth-order valence-corrected chi connectivity index (χ4v) is 4.51. The van der Waals surface area contributed by atoms with Crippen LogP contribution in [0.1, 0.15) is 53.0 Å². The maximum atomic E-state index is 13.0. The van der Waals surface area contributed by atoms with Crippen molar-refractivity contribution in [3.05, 3.63) is 71.3 Å². The number of nitrogens with zero attached hydrogens (tertiary/aromatic N) is 2. The lowest BCUT2D eigenvalue weighted by atomic mass is 9.94. The van der Waals surface area contributed by atoms with E-state index in [4.69, 9.17) is 9.47 Å². The van der Waals surface area contributed by atoms with E-state index in [1.165, 1.54) is 4.90 Å². The zero-order valence-electron chi connectivity index (χ0n) is 20.4. The van der Waals surface area contributed by atoms with Crippen LogP contribution in [0.4, 0.5) is 0 Å². The van der Waals surface area contributed by atoms with Gasteiger partial charge in [0.25, 0.3) is 11.8 Å². The van der Waals surface area contributed by atoms with Crippen molar-refractivity contribution in [2.45, 2.75) is 33.2 Å². The first-order valence-corrected chi connectivity index (χ1v) is 11.9. The molecule has 1 aliphatic heterocycles. The second kappa shape index (κ2) is 10.6. The molecule has 0 spiro atoms. The maximum absolute atomic E-state index is 13.0. The van der Waals surface area contributed by atoms with Gasteiger partial charge in [-0.05, 0) is 55.5 Å². The molecule has 0 saturated heterocycles. The first-order valence-electron chi connectivity index (χ1n) is 11.9. The Balaban J connectivity index is 1.39. The number of carbonyl (C=O) groups excluding carboxylic acids is 3. The standard InChI is InChI=1S/C28H30N2O5/c1-4-29(18-19-14-15-23(35-5-2)24(17-19)34-3)25(31)13-8-16-30-27(32)21-11-6-9-20-10-7-12-22(26(20)21)28(30)33/h6-7,9-12,14-15,17H,4-5,8,13,16,18H2,1-3H3. The fourth-order valence-electron chi connectivity index (χ4n) is 4.51. The van der Waals surface area contributed by atoms with E-state index < -0.39 is 0 Å². The number of rotatable bonds is 10. The van der Waals surface area contributed by atoms with Crippen LogP contribution in [0.15, 0.2) is 54.6 Å². The Morgan fingerprint density at radius 1 is 0.943 bits per heavy atom. The van der Waals surface area contributed by atoms with Gasteiger partial charge in [0.05, 0.1) is 13.7 Å². The minimum atomic E-state index is -0.305. The van der Waals surface area contributed by atoms with Crippen LogP contribution in [-0.4, -0.2) is 54.3 Å². The normalized spacial score (nSPS) is 12.7. The predicted octanol–water partition coefficient (Wildman–Crippen LogP) is 4.67. The summed E-state index contributed by atoms with van der Waals surface area (Å²) in [4.78, 5) is 42.0. The van der Waals surface area contributed by atoms with E-state index in [1.807, 2.05) is 56.3 Å². The molecule has 0 aliphatic carbocycles. The van der Waals surface area contributed by atoms with E-state index in [0.29, 0.717) is 54.1 Å². The van der Waals surface area contributed by atoms with Gasteiger partial charge in [-0.25, -0.2) is 0 Å². The van der Waals surface area contributed by atoms with Crippen molar-refractivity contribution in [3.8, 4) is 11.5 Å². The smallest absolute Gasteiger partial charge is 0.261 e. The quantitative estimate of drug-likeness (QED) is 0.399. The minimum Gasteiger partial charge on any atom is -0.493 e. The Labute approximate surface area is 205 Å². The van der Waals surface area contributed by atoms with Crippen molar-refractivity contribution < 1.29 is 23.9 Å². The molecule has 3 aromatic carbocycles. The number of imide groups is 1. The van der Waals surface area contributed by atoms with Gasteiger partial charge in [-0.15, -0.1) is 0 Å². The highest BCUT2D eigenvalue weighted by atomic mass is 16.5. The van der Waals surface area contributed by atoms with Crippen LogP contribution in [-0.2, 0) is 11.3 Å². The lowest BCUT2D eigenvalue weighted by Gasteiger charge is -2.27. The fraction of sp³-hybridized carbons (Fsp3) is 0.321. The lowest BCUT2D eigenvalue weighted by Crippen LogP contribution is -2.41. The lowest BCUT2D eigenvalue weighted by molar-refractivity contribution is -0.131. The van der Waals surface area contributed by atoms with Gasteiger partial charge < -0.3 is 14.4 Å². The highest BCUT2D eigenvalue weighted by Crippen LogP contribution is 2.30. The number of amides is 3. The van der Waals surface area contributed by atoms with Crippen molar-refractivity contribution in [1.29, 1.82) is 0 Å². The summed E-state index contributed by atoms with van der Waals surface area (Å²) in [6.45, 7) is 5.56. The van der Waals surface area contributed by atoms with Gasteiger partial charge >= 0.3 is 0 Å². The minimum absolute atomic E-state index is 0.0280. The third-order valence-corrected chi connectivity index (χ3v) is 6.26. The zero-order chi connectivity index (χ0) is 24.9. The van der Waals surface area contributed by atoms with Crippen molar-refractivity contribution in [2.75, 3.05) is 26.8 Å². The van der Waals surface area contributed by atoms with Crippen LogP contribution in [0.25, 0.3) is 10.8 Å². The summed E-state index contributed by atoms with van der Waals surface area (Å²) in [6.07, 6.45) is 0.641. The van der Waals surface area contributed by atoms with Crippen molar-refractivity contribution in [3.63, 3.8) is 0 Å². The van der Waals surface area contributed by atoms with Gasteiger partial charge in [-0.1, -0.05) is 30.3 Å². The molecule has 1 aliphatic rings. The molecule has 0 unspecified atom stereocenters. The molecule has 7 heteroatoms. The van der Waals surface area contributed by atoms with Crippen LogP contribution in [0, 0.1) is 0 Å². The van der Waals surface area contributed by atoms with Crippen LogP contribution in [0.3, 0.4) is 0 Å². The van der Waals surface area contributed by atoms with Gasteiger partial charge in [0.2, 0.25) is 5.91 Å². The second-order valence-corrected chi connectivity index (χ2v) is 8.40. The van der Waals surface area contributed by atoms with Crippen LogP contribution < -0.4 is 9.47 Å². The topological polar surface area (TPSA) is 76.2 Å². The average Bonchev–Trinajstić information content (AvgIpc) is 2.88. The highest BCUT2D eigenvalue weighted by molar-refractivity contribution is 6.25. The van der Waals surface area contributed by atoms with Crippen LogP contribution >= 0.6 is 0 Å². The number of benzene rings is 3. The Hall–Kier alpha value is -3.87. The predicted molar refractivity (Wildman–Crippen MR) is 134 cm³/mol. The van der Waals surface area contributed by atoms with E-state index in [0.717, 1.165) is 10.9 Å². The summed E-state index contributed by atoms with van der Waals surface area (Å²) in [5, 5.41) is 1.58. The van der Waals surface area contributed by atoms with E-state index in [-0.39, 0.29) is 30.7 Å². The van der Waals surface area contributed by atoms with Gasteiger partial charge in [-0.2, -0.15) is 0 Å². The van der Waals surface area contributed by atoms with Crippen LogP contribution in [0.2, 0.25) is 0 Å². The van der Waals surface area contributed by atoms with Crippen LogP contribution in [0.5, 0.6) is 11.5 Å². The Morgan fingerprint density at radius 2 is 1.63 bits per heavy atom. The molecular formula is C28H30N2O5. The van der Waals surface area contributed by atoms with E-state index >= 15 is 0 Å². The molecule has 0 fully saturated rings. The first-order chi connectivity index (χ1) is 17.0. The molecule has 0 N–H and O–H groups in total. The summed E-state index contributed by atoms with van der Waals surface area (Å²) in [6, 6.07) is 16.6. The molecule has 35 heavy (non-hydrogen) atoms. The molecule has 1 heterocycles. The summed E-state index contributed by atoms with van der Waals surface area (Å²) in [5.74, 6) is 0.660.